The summed E-state index contributed by atoms with van der Waals surface area (Å²) in [6, 6.07) is 12.8. The minimum Gasteiger partial charge on any atom is -0.371 e. The highest BCUT2D eigenvalue weighted by atomic mass is 16.2. The van der Waals surface area contributed by atoms with E-state index in [0.717, 1.165) is 104 Å². The number of aryl methyl sites for hydroxylation is 1. The van der Waals surface area contributed by atoms with Gasteiger partial charge in [-0.15, -0.1) is 0 Å². The zero-order valence-corrected chi connectivity index (χ0v) is 28.6. The molecule has 5 aliphatic rings. The van der Waals surface area contributed by atoms with Gasteiger partial charge in [-0.05, 0) is 85.3 Å². The van der Waals surface area contributed by atoms with Gasteiger partial charge in [0.15, 0.2) is 5.78 Å². The van der Waals surface area contributed by atoms with Gasteiger partial charge in [-0.1, -0.05) is 39.0 Å². The summed E-state index contributed by atoms with van der Waals surface area (Å²) in [5.74, 6) is 2.31. The molecule has 2 saturated heterocycles. The highest BCUT2D eigenvalue weighted by molar-refractivity contribution is 6.20. The Balaban J connectivity index is 0.900. The predicted molar refractivity (Wildman–Crippen MR) is 189 cm³/mol. The molecular formula is C40H48N6O2. The number of H-pyrrole nitrogens is 1. The van der Waals surface area contributed by atoms with E-state index in [2.05, 4.69) is 76.1 Å². The molecule has 2 N–H and O–H groups in total. The van der Waals surface area contributed by atoms with E-state index in [0.29, 0.717) is 30.0 Å². The summed E-state index contributed by atoms with van der Waals surface area (Å²) >= 11 is 0. The largest absolute Gasteiger partial charge is 0.371 e. The van der Waals surface area contributed by atoms with Crippen molar-refractivity contribution in [2.24, 2.45) is 17.8 Å². The maximum Gasteiger partial charge on any atom is 0.234 e. The van der Waals surface area contributed by atoms with Gasteiger partial charge in [0.25, 0.3) is 0 Å². The second-order valence-corrected chi connectivity index (χ2v) is 15.5. The van der Waals surface area contributed by atoms with Crippen LogP contribution in [-0.2, 0) is 16.6 Å². The predicted octanol–water partition coefficient (Wildman–Crippen LogP) is 5.39. The molecule has 1 saturated carbocycles. The number of ketones is 1. The van der Waals surface area contributed by atoms with E-state index in [1.54, 1.807) is 6.07 Å². The van der Waals surface area contributed by atoms with Gasteiger partial charge in [0.2, 0.25) is 5.91 Å². The van der Waals surface area contributed by atoms with Crippen molar-refractivity contribution in [1.29, 1.82) is 5.26 Å². The molecule has 1 aromatic heterocycles. The molecule has 8 rings (SSSR count). The van der Waals surface area contributed by atoms with Crippen LogP contribution < -0.4 is 10.2 Å². The molecule has 0 radical (unpaired) electrons. The zero-order valence-electron chi connectivity index (χ0n) is 28.6. The van der Waals surface area contributed by atoms with Crippen LogP contribution in [0.5, 0.6) is 0 Å². The second kappa shape index (κ2) is 12.2. The topological polar surface area (TPSA) is 95.5 Å². The number of nitrogens with zero attached hydrogens (tertiary/aromatic N) is 4. The van der Waals surface area contributed by atoms with Crippen molar-refractivity contribution in [2.45, 2.75) is 64.3 Å². The first-order chi connectivity index (χ1) is 23.2. The molecule has 2 aliphatic heterocycles. The van der Waals surface area contributed by atoms with E-state index in [1.165, 1.54) is 24.1 Å². The number of piperidine rings is 1. The number of piperazine rings is 1. The zero-order chi connectivity index (χ0) is 33.2. The van der Waals surface area contributed by atoms with Crippen molar-refractivity contribution in [1.82, 2.24) is 20.1 Å². The Morgan fingerprint density at radius 1 is 1.04 bits per heavy atom. The highest BCUT2D eigenvalue weighted by Gasteiger charge is 2.41. The lowest BCUT2D eigenvalue weighted by molar-refractivity contribution is -0.123. The van der Waals surface area contributed by atoms with E-state index >= 15 is 0 Å². The van der Waals surface area contributed by atoms with Crippen LogP contribution in [0.25, 0.3) is 10.9 Å². The fraction of sp³-hybridized carbons (Fsp3) is 0.525. The summed E-state index contributed by atoms with van der Waals surface area (Å²) in [5, 5.41) is 13.6. The lowest BCUT2D eigenvalue weighted by atomic mass is 9.70. The highest BCUT2D eigenvalue weighted by Crippen LogP contribution is 2.46. The van der Waals surface area contributed by atoms with Gasteiger partial charge in [-0.25, -0.2) is 0 Å². The number of aromatic nitrogens is 1. The van der Waals surface area contributed by atoms with Crippen LogP contribution in [0.2, 0.25) is 0 Å². The SMILES string of the molecule is CCc1cc2c(cc1N1CCC(N3CCN(CC(=O)NCC4CC5C=CC4C5)CC3)CC1)C(C)(C)c1[nH]c3cc(C#N)ccc3c1C2=O. The third-order valence-electron chi connectivity index (χ3n) is 12.4. The number of fused-ring (bicyclic) bond motifs is 6. The fourth-order valence-electron chi connectivity index (χ4n) is 9.55. The van der Waals surface area contributed by atoms with E-state index < -0.39 is 0 Å². The van der Waals surface area contributed by atoms with Gasteiger partial charge in [0, 0.05) is 85.1 Å². The van der Waals surface area contributed by atoms with Crippen LogP contribution in [0, 0.1) is 29.1 Å². The maximum absolute atomic E-state index is 14.1. The average molecular weight is 645 g/mol. The molecule has 3 aromatic rings. The van der Waals surface area contributed by atoms with Crippen LogP contribution in [-0.4, -0.2) is 84.9 Å². The number of carbonyl (C=O) groups is 2. The van der Waals surface area contributed by atoms with Gasteiger partial charge >= 0.3 is 0 Å². The number of amides is 1. The lowest BCUT2D eigenvalue weighted by Gasteiger charge is -2.44. The number of aromatic amines is 1. The van der Waals surface area contributed by atoms with Gasteiger partial charge in [0.05, 0.1) is 23.7 Å². The molecule has 3 aliphatic carbocycles. The number of carbonyl (C=O) groups excluding carboxylic acids is 2. The lowest BCUT2D eigenvalue weighted by Crippen LogP contribution is -2.54. The molecule has 3 atom stereocenters. The number of nitriles is 1. The minimum atomic E-state index is -0.381. The molecule has 8 heteroatoms. The van der Waals surface area contributed by atoms with Crippen LogP contribution in [0.3, 0.4) is 0 Å². The Morgan fingerprint density at radius 2 is 1.83 bits per heavy atom. The standard InChI is InChI=1S/C40H48N6O2/c1-4-27-20-32-33(40(2,3)39-37(38(32)48)31-8-6-26(22-41)19-34(31)43-39)21-35(27)46-11-9-30(10-12-46)45-15-13-44(14-16-45)24-36(47)42-23-29-18-25-5-7-28(29)17-25/h5-8,19-21,25,28-30,43H,4,9-18,23-24H2,1-3H3,(H,42,47). The molecule has 2 aromatic carbocycles. The fourth-order valence-corrected chi connectivity index (χ4v) is 9.55. The third-order valence-corrected chi connectivity index (χ3v) is 12.4. The molecule has 3 heterocycles. The normalized spacial score (nSPS) is 25.3. The van der Waals surface area contributed by atoms with Gasteiger partial charge in [0.1, 0.15) is 0 Å². The summed E-state index contributed by atoms with van der Waals surface area (Å²) < 4.78 is 0. The van der Waals surface area contributed by atoms with Crippen LogP contribution in [0.1, 0.15) is 84.8 Å². The van der Waals surface area contributed by atoms with Crippen LogP contribution in [0.15, 0.2) is 42.5 Å². The van der Waals surface area contributed by atoms with Gasteiger partial charge in [-0.2, -0.15) is 5.26 Å². The van der Waals surface area contributed by atoms with E-state index in [-0.39, 0.29) is 17.1 Å². The van der Waals surface area contributed by atoms with Crippen molar-refractivity contribution in [3.8, 4) is 6.07 Å². The molecule has 2 bridgehead atoms. The summed E-state index contributed by atoms with van der Waals surface area (Å²) in [4.78, 5) is 37.9. The molecule has 250 valence electrons. The molecule has 48 heavy (non-hydrogen) atoms. The number of anilines is 1. The number of hydrogen-bond acceptors (Lipinski definition) is 6. The Morgan fingerprint density at radius 3 is 2.52 bits per heavy atom. The minimum absolute atomic E-state index is 0.0740. The van der Waals surface area contributed by atoms with E-state index in [1.807, 2.05) is 12.1 Å². The van der Waals surface area contributed by atoms with Crippen molar-refractivity contribution in [3.05, 3.63) is 76.0 Å². The molecule has 8 nitrogen and oxygen atoms in total. The Labute approximate surface area is 284 Å². The van der Waals surface area contributed by atoms with Gasteiger partial charge in [-0.3, -0.25) is 19.4 Å². The Kier molecular flexibility index (Phi) is 7.96. The first-order valence-electron chi connectivity index (χ1n) is 18.2. The van der Waals surface area contributed by atoms with Crippen LogP contribution in [0.4, 0.5) is 5.69 Å². The van der Waals surface area contributed by atoms with Crippen molar-refractivity contribution in [2.75, 3.05) is 57.3 Å². The first-order valence-corrected chi connectivity index (χ1v) is 18.2. The first kappa shape index (κ1) is 31.3. The average Bonchev–Trinajstić information content (AvgIpc) is 3.85. The Bertz CT molecular complexity index is 1830. The van der Waals surface area contributed by atoms with Gasteiger partial charge < -0.3 is 15.2 Å². The third kappa shape index (κ3) is 5.36. The smallest absolute Gasteiger partial charge is 0.234 e. The van der Waals surface area contributed by atoms with Crippen molar-refractivity contribution in [3.63, 3.8) is 0 Å². The summed E-state index contributed by atoms with van der Waals surface area (Å²) in [6.07, 6.45) is 10.4. The number of nitrogens with one attached hydrogen (secondary N) is 2. The van der Waals surface area contributed by atoms with Crippen LogP contribution >= 0.6 is 0 Å². The molecule has 3 unspecified atom stereocenters. The second-order valence-electron chi connectivity index (χ2n) is 15.5. The summed E-state index contributed by atoms with van der Waals surface area (Å²) in [6.45, 7) is 13.9. The number of rotatable bonds is 7. The summed E-state index contributed by atoms with van der Waals surface area (Å²) in [5.41, 5.74) is 7.12. The number of hydrogen-bond donors (Lipinski definition) is 2. The number of benzene rings is 2. The monoisotopic (exact) mass is 644 g/mol. The molecule has 1 amide bonds. The Hall–Kier alpha value is -3.93. The van der Waals surface area contributed by atoms with E-state index in [9.17, 15) is 14.9 Å². The maximum atomic E-state index is 14.1. The summed E-state index contributed by atoms with van der Waals surface area (Å²) in [7, 11) is 0. The van der Waals surface area contributed by atoms with Crippen molar-refractivity contribution >= 4 is 28.3 Å². The molecular weight excluding hydrogens is 596 g/mol. The van der Waals surface area contributed by atoms with Crippen molar-refractivity contribution < 1.29 is 9.59 Å². The quantitative estimate of drug-likeness (QED) is 0.335. The number of allylic oxidation sites excluding steroid dienone is 2. The molecule has 3 fully saturated rings. The van der Waals surface area contributed by atoms with E-state index in [4.69, 9.17) is 0 Å². The molecule has 0 spiro atoms.